The number of sulfonamides is 1. The van der Waals surface area contributed by atoms with E-state index in [0.29, 0.717) is 19.4 Å². The molecule has 2 aromatic carbocycles. The van der Waals surface area contributed by atoms with E-state index in [-0.39, 0.29) is 39.9 Å². The zero-order valence-electron chi connectivity index (χ0n) is 16.4. The van der Waals surface area contributed by atoms with Crippen molar-refractivity contribution in [1.82, 2.24) is 9.62 Å². The van der Waals surface area contributed by atoms with Crippen molar-refractivity contribution in [2.75, 3.05) is 25.4 Å². The van der Waals surface area contributed by atoms with Gasteiger partial charge in [0, 0.05) is 30.4 Å². The predicted octanol–water partition coefficient (Wildman–Crippen LogP) is 4.69. The van der Waals surface area contributed by atoms with Crippen molar-refractivity contribution in [3.05, 3.63) is 58.6 Å². The lowest BCUT2D eigenvalue weighted by Crippen LogP contribution is -2.43. The first-order valence-electron chi connectivity index (χ1n) is 9.79. The molecule has 1 aliphatic rings. The van der Waals surface area contributed by atoms with Gasteiger partial charge in [-0.3, -0.25) is 4.79 Å². The highest BCUT2D eigenvalue weighted by Gasteiger charge is 2.33. The second-order valence-electron chi connectivity index (χ2n) is 7.04. The molecule has 0 atom stereocenters. The maximum Gasteiger partial charge on any atom is 0.244 e. The molecule has 0 bridgehead atoms. The van der Waals surface area contributed by atoms with E-state index in [4.69, 9.17) is 23.2 Å². The van der Waals surface area contributed by atoms with Crippen LogP contribution in [0.1, 0.15) is 19.3 Å². The number of hydrogen-bond donors (Lipinski definition) is 1. The minimum Gasteiger partial charge on any atom is -0.356 e. The summed E-state index contributed by atoms with van der Waals surface area (Å²) in [6.07, 6.45) is 1.86. The smallest absolute Gasteiger partial charge is 0.244 e. The molecule has 0 aromatic heterocycles. The molecule has 5 nitrogen and oxygen atoms in total. The summed E-state index contributed by atoms with van der Waals surface area (Å²) in [5, 5.41) is 3.22. The molecule has 162 valence electrons. The van der Waals surface area contributed by atoms with Gasteiger partial charge in [0.2, 0.25) is 15.9 Å². The molecule has 1 fully saturated rings. The Bertz CT molecular complexity index is 963. The fourth-order valence-electron chi connectivity index (χ4n) is 3.32. The first-order chi connectivity index (χ1) is 14.4. The number of rotatable bonds is 8. The Morgan fingerprint density at radius 3 is 2.47 bits per heavy atom. The number of amides is 1. The maximum atomic E-state index is 12.9. The van der Waals surface area contributed by atoms with Crippen molar-refractivity contribution in [3.63, 3.8) is 0 Å². The lowest BCUT2D eigenvalue weighted by Gasteiger charge is -2.30. The summed E-state index contributed by atoms with van der Waals surface area (Å²) in [5.41, 5.74) is 0. The summed E-state index contributed by atoms with van der Waals surface area (Å²) < 4.78 is 27.1. The first-order valence-corrected chi connectivity index (χ1v) is 13.0. The number of nitrogens with one attached hydrogen (secondary N) is 1. The highest BCUT2D eigenvalue weighted by atomic mass is 35.5. The van der Waals surface area contributed by atoms with Crippen molar-refractivity contribution in [3.8, 4) is 0 Å². The van der Waals surface area contributed by atoms with E-state index >= 15 is 0 Å². The molecular weight excluding hydrogens is 463 g/mol. The lowest BCUT2D eigenvalue weighted by atomic mass is 9.97. The third-order valence-electron chi connectivity index (χ3n) is 4.99. The molecular formula is C21H24Cl2N2O3S2. The highest BCUT2D eigenvalue weighted by molar-refractivity contribution is 7.99. The van der Waals surface area contributed by atoms with Crippen molar-refractivity contribution < 1.29 is 13.2 Å². The Labute approximate surface area is 192 Å². The summed E-state index contributed by atoms with van der Waals surface area (Å²) in [5.74, 6) is 0.757. The zero-order chi connectivity index (χ0) is 21.6. The van der Waals surface area contributed by atoms with Crippen LogP contribution in [0.25, 0.3) is 0 Å². The molecule has 1 amide bonds. The van der Waals surface area contributed by atoms with Gasteiger partial charge in [-0.05, 0) is 49.3 Å². The summed E-state index contributed by atoms with van der Waals surface area (Å²) >= 11 is 13.8. The van der Waals surface area contributed by atoms with Crippen LogP contribution in [0.2, 0.25) is 10.0 Å². The van der Waals surface area contributed by atoms with Crippen molar-refractivity contribution in [2.24, 2.45) is 5.92 Å². The van der Waals surface area contributed by atoms with Gasteiger partial charge in [-0.1, -0.05) is 47.5 Å². The summed E-state index contributed by atoms with van der Waals surface area (Å²) in [6.45, 7) is 1.19. The monoisotopic (exact) mass is 486 g/mol. The average Bonchev–Trinajstić information content (AvgIpc) is 2.76. The zero-order valence-corrected chi connectivity index (χ0v) is 19.5. The van der Waals surface area contributed by atoms with Gasteiger partial charge in [0.25, 0.3) is 0 Å². The van der Waals surface area contributed by atoms with E-state index in [9.17, 15) is 13.2 Å². The molecule has 1 aliphatic heterocycles. The minimum absolute atomic E-state index is 0.00227. The number of hydrogen-bond acceptors (Lipinski definition) is 4. The Kier molecular flexibility index (Phi) is 8.48. The van der Waals surface area contributed by atoms with Crippen molar-refractivity contribution >= 4 is 50.9 Å². The summed E-state index contributed by atoms with van der Waals surface area (Å²) in [4.78, 5) is 13.7. The highest BCUT2D eigenvalue weighted by Crippen LogP contribution is 2.32. The fourth-order valence-corrected chi connectivity index (χ4v) is 6.40. The Morgan fingerprint density at radius 1 is 1.07 bits per heavy atom. The molecule has 0 spiro atoms. The Balaban J connectivity index is 1.43. The van der Waals surface area contributed by atoms with Crippen LogP contribution in [0.4, 0.5) is 0 Å². The molecule has 1 N–H and O–H groups in total. The summed E-state index contributed by atoms with van der Waals surface area (Å²) in [7, 11) is -3.73. The van der Waals surface area contributed by atoms with E-state index < -0.39 is 10.0 Å². The van der Waals surface area contributed by atoms with Gasteiger partial charge in [-0.2, -0.15) is 4.31 Å². The molecule has 0 unspecified atom stereocenters. The van der Waals surface area contributed by atoms with Crippen LogP contribution in [-0.2, 0) is 14.8 Å². The Morgan fingerprint density at radius 2 is 1.77 bits per heavy atom. The van der Waals surface area contributed by atoms with Gasteiger partial charge in [0.05, 0.1) is 10.0 Å². The number of carbonyl (C=O) groups excluding carboxylic acids is 1. The van der Waals surface area contributed by atoms with E-state index in [1.54, 1.807) is 23.9 Å². The molecule has 30 heavy (non-hydrogen) atoms. The number of thioether (sulfide) groups is 1. The van der Waals surface area contributed by atoms with Crippen molar-refractivity contribution in [1.29, 1.82) is 0 Å². The van der Waals surface area contributed by atoms with E-state index in [1.165, 1.54) is 15.3 Å². The van der Waals surface area contributed by atoms with Crippen molar-refractivity contribution in [2.45, 2.75) is 29.1 Å². The van der Waals surface area contributed by atoms with Crippen LogP contribution in [0.15, 0.2) is 58.3 Å². The number of benzene rings is 2. The van der Waals surface area contributed by atoms with Gasteiger partial charge in [-0.25, -0.2) is 8.42 Å². The lowest BCUT2D eigenvalue weighted by molar-refractivity contribution is -0.126. The SMILES string of the molecule is O=C(NCCCSc1ccccc1)C1CCN(S(=O)(=O)c2cccc(Cl)c2Cl)CC1. The predicted molar refractivity (Wildman–Crippen MR) is 123 cm³/mol. The third kappa shape index (κ3) is 5.92. The van der Waals surface area contributed by atoms with Crippen LogP contribution in [0.3, 0.4) is 0 Å². The van der Waals surface area contributed by atoms with Crippen LogP contribution in [-0.4, -0.2) is 44.0 Å². The number of piperidine rings is 1. The van der Waals surface area contributed by atoms with Crippen LogP contribution in [0.5, 0.6) is 0 Å². The molecule has 0 aliphatic carbocycles. The second kappa shape index (κ2) is 10.9. The largest absolute Gasteiger partial charge is 0.356 e. The van der Waals surface area contributed by atoms with Gasteiger partial charge in [0.15, 0.2) is 0 Å². The molecule has 0 saturated carbocycles. The summed E-state index contributed by atoms with van der Waals surface area (Å²) in [6, 6.07) is 14.7. The Hall–Kier alpha value is -1.25. The topological polar surface area (TPSA) is 66.5 Å². The van der Waals surface area contributed by atoms with Gasteiger partial charge < -0.3 is 5.32 Å². The van der Waals surface area contributed by atoms with E-state index in [1.807, 2.05) is 18.2 Å². The van der Waals surface area contributed by atoms with Crippen LogP contribution < -0.4 is 5.32 Å². The number of nitrogens with zero attached hydrogens (tertiary/aromatic N) is 1. The van der Waals surface area contributed by atoms with Gasteiger partial charge >= 0.3 is 0 Å². The second-order valence-corrected chi connectivity index (χ2v) is 10.9. The van der Waals surface area contributed by atoms with Crippen LogP contribution >= 0.6 is 35.0 Å². The molecule has 1 heterocycles. The minimum atomic E-state index is -3.73. The van der Waals surface area contributed by atoms with E-state index in [2.05, 4.69) is 17.4 Å². The standard InChI is InChI=1S/C21H24Cl2N2O3S2/c22-18-8-4-9-19(20(18)23)30(27,28)25-13-10-16(11-14-25)21(26)24-12-5-15-29-17-6-2-1-3-7-17/h1-4,6-9,16H,5,10-15H2,(H,24,26). The van der Waals surface area contributed by atoms with Gasteiger partial charge in [-0.15, -0.1) is 11.8 Å². The molecule has 1 saturated heterocycles. The molecule has 9 heteroatoms. The van der Waals surface area contributed by atoms with Crippen LogP contribution in [0, 0.1) is 5.92 Å². The quantitative estimate of drug-likeness (QED) is 0.433. The molecule has 0 radical (unpaired) electrons. The van der Waals surface area contributed by atoms with Gasteiger partial charge in [0.1, 0.15) is 4.90 Å². The normalized spacial score (nSPS) is 15.8. The number of halogens is 2. The third-order valence-corrected chi connectivity index (χ3v) is 8.96. The van der Waals surface area contributed by atoms with E-state index in [0.717, 1.165) is 12.2 Å². The first kappa shape index (κ1) is 23.4. The number of carbonyl (C=O) groups is 1. The molecule has 3 rings (SSSR count). The maximum absolute atomic E-state index is 12.9. The fraction of sp³-hybridized carbons (Fsp3) is 0.381. The molecule has 2 aromatic rings. The average molecular weight is 487 g/mol.